The van der Waals surface area contributed by atoms with Crippen molar-refractivity contribution >= 4 is 0 Å². The van der Waals surface area contributed by atoms with Gasteiger partial charge in [0, 0.05) is 23.7 Å². The molecule has 0 aromatic heterocycles. The molecule has 15 heavy (non-hydrogen) atoms. The molecular formula is C12H17NO2. The van der Waals surface area contributed by atoms with Crippen LogP contribution in [0.5, 0.6) is 11.5 Å². The zero-order valence-corrected chi connectivity index (χ0v) is 9.12. The molecule has 2 unspecified atom stereocenters. The molecule has 3 nitrogen and oxygen atoms in total. The van der Waals surface area contributed by atoms with Crippen LogP contribution in [-0.2, 0) is 0 Å². The van der Waals surface area contributed by atoms with Gasteiger partial charge in [0.15, 0.2) is 11.5 Å². The monoisotopic (exact) mass is 207 g/mol. The van der Waals surface area contributed by atoms with Crippen LogP contribution in [0.1, 0.15) is 43.4 Å². The van der Waals surface area contributed by atoms with Gasteiger partial charge in [-0.1, -0.05) is 26.0 Å². The smallest absolute Gasteiger partial charge is 0.162 e. The molecule has 3 N–H and O–H groups in total. The van der Waals surface area contributed by atoms with Crippen molar-refractivity contribution in [3.63, 3.8) is 0 Å². The third-order valence-corrected chi connectivity index (χ3v) is 3.14. The molecule has 1 fully saturated rings. The molecular weight excluding hydrogens is 190 g/mol. The minimum Gasteiger partial charge on any atom is -0.504 e. The van der Waals surface area contributed by atoms with Gasteiger partial charge in [0.05, 0.1) is 0 Å². The van der Waals surface area contributed by atoms with Gasteiger partial charge in [-0.05, 0) is 12.3 Å². The number of benzene rings is 1. The Hall–Kier alpha value is -1.22. The van der Waals surface area contributed by atoms with Crippen LogP contribution in [-0.4, -0.2) is 16.8 Å². The Bertz CT molecular complexity index is 372. The summed E-state index contributed by atoms with van der Waals surface area (Å²) in [6.07, 6.45) is 0.952. The van der Waals surface area contributed by atoms with E-state index in [0.717, 1.165) is 24.1 Å². The van der Waals surface area contributed by atoms with Crippen LogP contribution in [0.25, 0.3) is 0 Å². The highest BCUT2D eigenvalue weighted by Crippen LogP contribution is 2.41. The number of aromatic hydroxyl groups is 2. The SMILES string of the molecule is CCC(C)c1ccc(C2CN2)c(O)c1O. The van der Waals surface area contributed by atoms with Gasteiger partial charge in [0.2, 0.25) is 0 Å². The molecule has 2 rings (SSSR count). The Morgan fingerprint density at radius 1 is 1.40 bits per heavy atom. The summed E-state index contributed by atoms with van der Waals surface area (Å²) in [7, 11) is 0. The standard InChI is InChI=1S/C12H17NO2/c1-3-7(2)8-4-5-9(10-6-13-10)12(15)11(8)14/h4-5,7,10,13-15H,3,6H2,1-2H3. The fourth-order valence-corrected chi connectivity index (χ4v) is 1.79. The third-order valence-electron chi connectivity index (χ3n) is 3.14. The second-order valence-electron chi connectivity index (χ2n) is 4.21. The molecule has 0 bridgehead atoms. The largest absolute Gasteiger partial charge is 0.504 e. The van der Waals surface area contributed by atoms with E-state index in [1.54, 1.807) is 0 Å². The number of phenols is 2. The molecule has 1 aliphatic rings. The van der Waals surface area contributed by atoms with Crippen molar-refractivity contribution < 1.29 is 10.2 Å². The van der Waals surface area contributed by atoms with Crippen LogP contribution in [0.2, 0.25) is 0 Å². The van der Waals surface area contributed by atoms with Crippen LogP contribution in [0.3, 0.4) is 0 Å². The summed E-state index contributed by atoms with van der Waals surface area (Å²) < 4.78 is 0. The first-order valence-corrected chi connectivity index (χ1v) is 5.43. The van der Waals surface area contributed by atoms with E-state index >= 15 is 0 Å². The first kappa shape index (κ1) is 10.3. The van der Waals surface area contributed by atoms with Gasteiger partial charge in [-0.3, -0.25) is 0 Å². The zero-order chi connectivity index (χ0) is 11.0. The van der Waals surface area contributed by atoms with E-state index in [1.165, 1.54) is 0 Å². The Kier molecular flexibility index (Phi) is 2.57. The molecule has 0 aliphatic carbocycles. The first-order chi connectivity index (χ1) is 7.15. The van der Waals surface area contributed by atoms with Gasteiger partial charge < -0.3 is 15.5 Å². The Labute approximate surface area is 89.8 Å². The molecule has 0 radical (unpaired) electrons. The highest BCUT2D eigenvalue weighted by Gasteiger charge is 2.27. The molecule has 0 saturated carbocycles. The van der Waals surface area contributed by atoms with Crippen LogP contribution in [0.15, 0.2) is 12.1 Å². The molecule has 1 saturated heterocycles. The Morgan fingerprint density at radius 2 is 2.07 bits per heavy atom. The lowest BCUT2D eigenvalue weighted by Gasteiger charge is -2.14. The summed E-state index contributed by atoms with van der Waals surface area (Å²) in [6.45, 7) is 5.00. The number of phenolic OH excluding ortho intramolecular Hbond substituents is 2. The number of hydrogen-bond donors (Lipinski definition) is 3. The van der Waals surface area contributed by atoms with Gasteiger partial charge in [0.1, 0.15) is 0 Å². The lowest BCUT2D eigenvalue weighted by molar-refractivity contribution is 0.392. The molecule has 1 heterocycles. The van der Waals surface area contributed by atoms with Gasteiger partial charge in [-0.25, -0.2) is 0 Å². The van der Waals surface area contributed by atoms with Crippen molar-refractivity contribution in [2.24, 2.45) is 0 Å². The van der Waals surface area contributed by atoms with Crippen molar-refractivity contribution in [1.29, 1.82) is 0 Å². The van der Waals surface area contributed by atoms with Crippen molar-refractivity contribution in [2.75, 3.05) is 6.54 Å². The van der Waals surface area contributed by atoms with Crippen molar-refractivity contribution in [1.82, 2.24) is 5.32 Å². The number of rotatable bonds is 3. The lowest BCUT2D eigenvalue weighted by Crippen LogP contribution is -1.95. The molecule has 82 valence electrons. The van der Waals surface area contributed by atoms with Crippen LogP contribution in [0.4, 0.5) is 0 Å². The molecule has 1 aromatic carbocycles. The molecule has 0 amide bonds. The van der Waals surface area contributed by atoms with E-state index in [4.69, 9.17) is 0 Å². The van der Waals surface area contributed by atoms with Crippen LogP contribution in [0, 0.1) is 0 Å². The predicted molar refractivity (Wildman–Crippen MR) is 59.2 cm³/mol. The zero-order valence-electron chi connectivity index (χ0n) is 9.12. The fourth-order valence-electron chi connectivity index (χ4n) is 1.79. The molecule has 1 aliphatic heterocycles. The summed E-state index contributed by atoms with van der Waals surface area (Å²) in [5, 5.41) is 22.8. The van der Waals surface area contributed by atoms with Gasteiger partial charge in [0.25, 0.3) is 0 Å². The fraction of sp³-hybridized carbons (Fsp3) is 0.500. The van der Waals surface area contributed by atoms with Gasteiger partial charge in [-0.15, -0.1) is 0 Å². The van der Waals surface area contributed by atoms with Crippen molar-refractivity contribution in [3.05, 3.63) is 23.3 Å². The van der Waals surface area contributed by atoms with Crippen LogP contribution >= 0.6 is 0 Å². The second kappa shape index (κ2) is 3.74. The number of hydrogen-bond acceptors (Lipinski definition) is 3. The molecule has 1 aromatic rings. The lowest BCUT2D eigenvalue weighted by atomic mass is 9.95. The third kappa shape index (κ3) is 1.79. The van der Waals surface area contributed by atoms with E-state index in [2.05, 4.69) is 12.2 Å². The average Bonchev–Trinajstić information content (AvgIpc) is 3.04. The minimum absolute atomic E-state index is 0.0443. The topological polar surface area (TPSA) is 62.4 Å². The highest BCUT2D eigenvalue weighted by molar-refractivity contribution is 5.53. The summed E-state index contributed by atoms with van der Waals surface area (Å²) >= 11 is 0. The maximum absolute atomic E-state index is 9.88. The van der Waals surface area contributed by atoms with E-state index in [-0.39, 0.29) is 23.5 Å². The minimum atomic E-state index is 0.0443. The van der Waals surface area contributed by atoms with E-state index < -0.39 is 0 Å². The highest BCUT2D eigenvalue weighted by atomic mass is 16.3. The maximum atomic E-state index is 9.88. The predicted octanol–water partition coefficient (Wildman–Crippen LogP) is 2.26. The van der Waals surface area contributed by atoms with E-state index in [0.29, 0.717) is 0 Å². The Morgan fingerprint density at radius 3 is 2.60 bits per heavy atom. The van der Waals surface area contributed by atoms with Crippen molar-refractivity contribution in [3.8, 4) is 11.5 Å². The van der Waals surface area contributed by atoms with Gasteiger partial charge >= 0.3 is 0 Å². The molecule has 2 atom stereocenters. The summed E-state index contributed by atoms with van der Waals surface area (Å²) in [5.74, 6) is 0.371. The quantitative estimate of drug-likeness (QED) is 0.526. The maximum Gasteiger partial charge on any atom is 0.162 e. The molecule has 3 heteroatoms. The Balaban J connectivity index is 2.39. The van der Waals surface area contributed by atoms with E-state index in [1.807, 2.05) is 19.1 Å². The molecule has 0 spiro atoms. The summed E-state index contributed by atoms with van der Waals surface area (Å²) in [5.41, 5.74) is 1.64. The average molecular weight is 207 g/mol. The number of nitrogens with one attached hydrogen (secondary N) is 1. The van der Waals surface area contributed by atoms with Crippen LogP contribution < -0.4 is 5.32 Å². The van der Waals surface area contributed by atoms with Crippen molar-refractivity contribution in [2.45, 2.75) is 32.2 Å². The van der Waals surface area contributed by atoms with Gasteiger partial charge in [-0.2, -0.15) is 0 Å². The summed E-state index contributed by atoms with van der Waals surface area (Å²) in [6, 6.07) is 4.04. The normalized spacial score (nSPS) is 21.3. The summed E-state index contributed by atoms with van der Waals surface area (Å²) in [4.78, 5) is 0. The second-order valence-corrected chi connectivity index (χ2v) is 4.21. The van der Waals surface area contributed by atoms with E-state index in [9.17, 15) is 10.2 Å². The first-order valence-electron chi connectivity index (χ1n) is 5.43.